The van der Waals surface area contributed by atoms with Crippen LogP contribution in [0.15, 0.2) is 0 Å². The Morgan fingerprint density at radius 1 is 1.26 bits per heavy atom. The van der Waals surface area contributed by atoms with Gasteiger partial charge in [0.2, 0.25) is 0 Å². The molecule has 1 heterocycles. The third-order valence-corrected chi connectivity index (χ3v) is 5.12. The molecule has 1 aliphatic carbocycles. The second kappa shape index (κ2) is 7.39. The van der Waals surface area contributed by atoms with E-state index in [1.54, 1.807) is 0 Å². The first kappa shape index (κ1) is 15.0. The number of ether oxygens (including phenoxy) is 1. The third kappa shape index (κ3) is 4.88. The average Bonchev–Trinajstić information content (AvgIpc) is 2.86. The third-order valence-electron chi connectivity index (χ3n) is 3.74. The molecule has 1 aliphatic heterocycles. The smallest absolute Gasteiger partial charge is 0.317 e. The van der Waals surface area contributed by atoms with E-state index in [2.05, 4.69) is 5.32 Å². The van der Waals surface area contributed by atoms with Gasteiger partial charge >= 0.3 is 6.03 Å². The zero-order chi connectivity index (χ0) is 13.7. The molecule has 2 amide bonds. The summed E-state index contributed by atoms with van der Waals surface area (Å²) in [7, 11) is 0. The summed E-state index contributed by atoms with van der Waals surface area (Å²) in [6, 6.07) is 0.0639. The molecule has 2 fully saturated rings. The van der Waals surface area contributed by atoms with E-state index in [1.165, 1.54) is 25.7 Å². The molecule has 2 rings (SSSR count). The Balaban J connectivity index is 1.60. The molecule has 1 saturated heterocycles. The van der Waals surface area contributed by atoms with Crippen molar-refractivity contribution in [3.8, 4) is 0 Å². The van der Waals surface area contributed by atoms with Crippen molar-refractivity contribution in [1.29, 1.82) is 0 Å². The van der Waals surface area contributed by atoms with E-state index < -0.39 is 0 Å². The molecule has 1 N–H and O–H groups in total. The molecule has 19 heavy (non-hydrogen) atoms. The lowest BCUT2D eigenvalue weighted by Gasteiger charge is -2.35. The molecule has 1 saturated carbocycles. The maximum absolute atomic E-state index is 12.0. The highest BCUT2D eigenvalue weighted by atomic mass is 32.2. The fourth-order valence-corrected chi connectivity index (χ4v) is 4.11. The van der Waals surface area contributed by atoms with Crippen molar-refractivity contribution in [3.05, 3.63) is 0 Å². The van der Waals surface area contributed by atoms with Gasteiger partial charge in [-0.2, -0.15) is 11.8 Å². The minimum absolute atomic E-state index is 0.0639. The van der Waals surface area contributed by atoms with Crippen molar-refractivity contribution in [2.24, 2.45) is 0 Å². The van der Waals surface area contributed by atoms with E-state index in [9.17, 15) is 4.79 Å². The van der Waals surface area contributed by atoms with Crippen molar-refractivity contribution in [1.82, 2.24) is 10.2 Å². The van der Waals surface area contributed by atoms with Gasteiger partial charge in [0.15, 0.2) is 0 Å². The monoisotopic (exact) mass is 286 g/mol. The topological polar surface area (TPSA) is 41.6 Å². The number of hydrogen-bond acceptors (Lipinski definition) is 3. The van der Waals surface area contributed by atoms with Crippen LogP contribution >= 0.6 is 11.8 Å². The van der Waals surface area contributed by atoms with E-state index in [0.717, 1.165) is 17.5 Å². The van der Waals surface area contributed by atoms with Crippen LogP contribution in [0.25, 0.3) is 0 Å². The average molecular weight is 286 g/mol. The Morgan fingerprint density at radius 2 is 1.89 bits per heavy atom. The van der Waals surface area contributed by atoms with Gasteiger partial charge in [-0.3, -0.25) is 0 Å². The second-order valence-electron chi connectivity index (χ2n) is 5.67. The number of carbonyl (C=O) groups excluding carboxylic acids is 1. The Hall–Kier alpha value is -0.420. The summed E-state index contributed by atoms with van der Waals surface area (Å²) in [5.74, 6) is 1.03. The first-order valence-corrected chi connectivity index (χ1v) is 8.50. The highest BCUT2D eigenvalue weighted by Gasteiger charge is 2.25. The van der Waals surface area contributed by atoms with Crippen LogP contribution < -0.4 is 5.32 Å². The van der Waals surface area contributed by atoms with Gasteiger partial charge in [-0.25, -0.2) is 4.79 Å². The van der Waals surface area contributed by atoms with Crippen molar-refractivity contribution in [3.63, 3.8) is 0 Å². The summed E-state index contributed by atoms with van der Waals surface area (Å²) < 4.78 is 5.63. The van der Waals surface area contributed by atoms with Gasteiger partial charge in [-0.15, -0.1) is 0 Å². The molecule has 110 valence electrons. The molecule has 0 bridgehead atoms. The molecule has 4 nitrogen and oxygen atoms in total. The lowest BCUT2D eigenvalue weighted by molar-refractivity contribution is -0.0544. The maximum atomic E-state index is 12.0. The van der Waals surface area contributed by atoms with Crippen LogP contribution in [-0.4, -0.2) is 53.8 Å². The van der Waals surface area contributed by atoms with E-state index in [4.69, 9.17) is 4.74 Å². The summed E-state index contributed by atoms with van der Waals surface area (Å²) in [6.45, 7) is 6.22. The Bertz CT molecular complexity index is 285. The van der Waals surface area contributed by atoms with Crippen LogP contribution in [0.4, 0.5) is 4.79 Å². The van der Waals surface area contributed by atoms with Crippen molar-refractivity contribution in [2.75, 3.05) is 25.4 Å². The van der Waals surface area contributed by atoms with Gasteiger partial charge < -0.3 is 15.0 Å². The first-order chi connectivity index (χ1) is 9.15. The number of rotatable bonds is 4. The Kier molecular flexibility index (Phi) is 5.82. The standard InChI is InChI=1S/C14H26N2O2S/c1-11-9-16(10-12(2)18-11)14(17)15-7-8-19-13-5-3-4-6-13/h11-13H,3-10H2,1-2H3,(H,15,17). The van der Waals surface area contributed by atoms with Gasteiger partial charge in [-0.1, -0.05) is 12.8 Å². The van der Waals surface area contributed by atoms with E-state index in [-0.39, 0.29) is 18.2 Å². The summed E-state index contributed by atoms with van der Waals surface area (Å²) in [5.41, 5.74) is 0. The van der Waals surface area contributed by atoms with Gasteiger partial charge in [-0.05, 0) is 26.7 Å². The van der Waals surface area contributed by atoms with Gasteiger partial charge in [0.25, 0.3) is 0 Å². The first-order valence-electron chi connectivity index (χ1n) is 7.45. The van der Waals surface area contributed by atoms with Crippen molar-refractivity contribution in [2.45, 2.75) is 57.0 Å². The van der Waals surface area contributed by atoms with Gasteiger partial charge in [0, 0.05) is 30.6 Å². The molecule has 0 radical (unpaired) electrons. The van der Waals surface area contributed by atoms with E-state index in [0.29, 0.717) is 13.1 Å². The number of urea groups is 1. The number of carbonyl (C=O) groups is 1. The molecular formula is C14H26N2O2S. The number of thioether (sulfide) groups is 1. The molecule has 0 aromatic carbocycles. The number of morpholine rings is 1. The molecule has 0 aromatic heterocycles. The number of nitrogens with zero attached hydrogens (tertiary/aromatic N) is 1. The Morgan fingerprint density at radius 3 is 2.53 bits per heavy atom. The number of amides is 2. The normalized spacial score (nSPS) is 28.6. The predicted octanol–water partition coefficient (Wildman–Crippen LogP) is 2.48. The van der Waals surface area contributed by atoms with Gasteiger partial charge in [0.05, 0.1) is 12.2 Å². The zero-order valence-corrected chi connectivity index (χ0v) is 12.9. The molecule has 5 heteroatoms. The summed E-state index contributed by atoms with van der Waals surface area (Å²) >= 11 is 2.02. The lowest BCUT2D eigenvalue weighted by Crippen LogP contribution is -2.51. The fraction of sp³-hybridized carbons (Fsp3) is 0.929. The molecular weight excluding hydrogens is 260 g/mol. The van der Waals surface area contributed by atoms with Crippen LogP contribution in [0.5, 0.6) is 0 Å². The minimum atomic E-state index is 0.0639. The van der Waals surface area contributed by atoms with Crippen LogP contribution in [0.3, 0.4) is 0 Å². The van der Waals surface area contributed by atoms with Crippen LogP contribution in [0.2, 0.25) is 0 Å². The highest BCUT2D eigenvalue weighted by molar-refractivity contribution is 7.99. The molecule has 2 aliphatic rings. The number of hydrogen-bond donors (Lipinski definition) is 1. The van der Waals surface area contributed by atoms with E-state index >= 15 is 0 Å². The van der Waals surface area contributed by atoms with Gasteiger partial charge in [0.1, 0.15) is 0 Å². The zero-order valence-electron chi connectivity index (χ0n) is 12.1. The van der Waals surface area contributed by atoms with Crippen molar-refractivity contribution < 1.29 is 9.53 Å². The molecule has 0 spiro atoms. The van der Waals surface area contributed by atoms with E-state index in [1.807, 2.05) is 30.5 Å². The fourth-order valence-electron chi connectivity index (χ4n) is 2.89. The Labute approximate surface area is 120 Å². The lowest BCUT2D eigenvalue weighted by atomic mass is 10.2. The van der Waals surface area contributed by atoms with Crippen LogP contribution in [-0.2, 0) is 4.74 Å². The molecule has 2 unspecified atom stereocenters. The second-order valence-corrected chi connectivity index (χ2v) is 7.08. The largest absolute Gasteiger partial charge is 0.372 e. The highest BCUT2D eigenvalue weighted by Crippen LogP contribution is 2.28. The number of nitrogens with one attached hydrogen (secondary N) is 1. The summed E-state index contributed by atoms with van der Waals surface area (Å²) in [5, 5.41) is 3.86. The van der Waals surface area contributed by atoms with Crippen LogP contribution in [0, 0.1) is 0 Å². The summed E-state index contributed by atoms with van der Waals surface area (Å²) in [6.07, 6.45) is 5.76. The SMILES string of the molecule is CC1CN(C(=O)NCCSC2CCCC2)CC(C)O1. The quantitative estimate of drug-likeness (QED) is 0.807. The van der Waals surface area contributed by atoms with Crippen molar-refractivity contribution >= 4 is 17.8 Å². The maximum Gasteiger partial charge on any atom is 0.317 e. The predicted molar refractivity (Wildman–Crippen MR) is 79.7 cm³/mol. The molecule has 2 atom stereocenters. The minimum Gasteiger partial charge on any atom is -0.372 e. The summed E-state index contributed by atoms with van der Waals surface area (Å²) in [4.78, 5) is 13.9. The molecule has 0 aromatic rings. The van der Waals surface area contributed by atoms with Crippen LogP contribution in [0.1, 0.15) is 39.5 Å².